The van der Waals surface area contributed by atoms with Gasteiger partial charge in [0.05, 0.1) is 6.54 Å². The first kappa shape index (κ1) is 14.0. The van der Waals surface area contributed by atoms with E-state index in [-0.39, 0.29) is 5.91 Å². The van der Waals surface area contributed by atoms with Crippen molar-refractivity contribution in [3.63, 3.8) is 0 Å². The lowest BCUT2D eigenvalue weighted by Gasteiger charge is -2.20. The van der Waals surface area contributed by atoms with Gasteiger partial charge in [-0.3, -0.25) is 9.69 Å². The summed E-state index contributed by atoms with van der Waals surface area (Å²) < 4.78 is 0. The Morgan fingerprint density at radius 1 is 1.42 bits per heavy atom. The zero-order valence-electron chi connectivity index (χ0n) is 11.7. The number of hydrogen-bond acceptors (Lipinski definition) is 3. The second-order valence-electron chi connectivity index (χ2n) is 5.53. The maximum atomic E-state index is 12.1. The molecule has 3 N–H and O–H groups in total. The van der Waals surface area contributed by atoms with Crippen LogP contribution < -0.4 is 11.1 Å². The van der Waals surface area contributed by atoms with E-state index in [0.29, 0.717) is 25.0 Å². The van der Waals surface area contributed by atoms with Crippen LogP contribution in [0.1, 0.15) is 25.8 Å². The molecule has 1 fully saturated rings. The highest BCUT2D eigenvalue weighted by Crippen LogP contribution is 2.22. The van der Waals surface area contributed by atoms with E-state index in [1.54, 1.807) is 0 Å². The lowest BCUT2D eigenvalue weighted by molar-refractivity contribution is -0.117. The van der Waals surface area contributed by atoms with Gasteiger partial charge in [-0.05, 0) is 30.9 Å². The number of rotatable bonds is 4. The highest BCUT2D eigenvalue weighted by molar-refractivity contribution is 5.93. The quantitative estimate of drug-likeness (QED) is 0.869. The van der Waals surface area contributed by atoms with E-state index in [1.165, 1.54) is 6.42 Å². The Hall–Kier alpha value is -1.39. The Bertz CT molecular complexity index is 447. The number of anilines is 1. The number of likely N-dealkylation sites (tertiary alicyclic amines) is 1. The minimum absolute atomic E-state index is 0.0434. The predicted molar refractivity (Wildman–Crippen MR) is 77.8 cm³/mol. The van der Waals surface area contributed by atoms with Gasteiger partial charge in [0, 0.05) is 24.8 Å². The van der Waals surface area contributed by atoms with Crippen LogP contribution in [-0.4, -0.2) is 29.9 Å². The summed E-state index contributed by atoms with van der Waals surface area (Å²) in [5, 5.41) is 2.96. The van der Waals surface area contributed by atoms with Crippen LogP contribution in [0.25, 0.3) is 0 Å². The molecule has 1 aliphatic rings. The molecule has 0 aromatic heterocycles. The second-order valence-corrected chi connectivity index (χ2v) is 5.53. The average Bonchev–Trinajstić information content (AvgIpc) is 2.68. The maximum Gasteiger partial charge on any atom is 0.238 e. The van der Waals surface area contributed by atoms with Gasteiger partial charge in [-0.25, -0.2) is 0 Å². The summed E-state index contributed by atoms with van der Waals surface area (Å²) in [4.78, 5) is 14.3. The third kappa shape index (κ3) is 3.55. The lowest BCUT2D eigenvalue weighted by atomic mass is 10.1. The first-order chi connectivity index (χ1) is 9.10. The Morgan fingerprint density at radius 3 is 2.79 bits per heavy atom. The van der Waals surface area contributed by atoms with Crippen LogP contribution in [0.4, 0.5) is 5.69 Å². The van der Waals surface area contributed by atoms with Crippen LogP contribution in [-0.2, 0) is 11.3 Å². The number of carbonyl (C=O) groups excluding carboxylic acids is 1. The summed E-state index contributed by atoms with van der Waals surface area (Å²) in [6, 6.07) is 8.18. The van der Waals surface area contributed by atoms with E-state index in [0.717, 1.165) is 17.8 Å². The molecule has 104 valence electrons. The first-order valence-corrected chi connectivity index (χ1v) is 6.92. The summed E-state index contributed by atoms with van der Waals surface area (Å²) in [7, 11) is 0. The molecule has 2 atom stereocenters. The number of nitrogens with two attached hydrogens (primary N) is 1. The van der Waals surface area contributed by atoms with Crippen molar-refractivity contribution in [1.82, 2.24) is 4.90 Å². The number of hydrogen-bond donors (Lipinski definition) is 2. The van der Waals surface area contributed by atoms with Crippen molar-refractivity contribution in [2.45, 2.75) is 32.9 Å². The molecular formula is C15H23N3O. The number of carbonyl (C=O) groups is 1. The number of nitrogens with zero attached hydrogens (tertiary/aromatic N) is 1. The van der Waals surface area contributed by atoms with Crippen LogP contribution in [0, 0.1) is 5.92 Å². The summed E-state index contributed by atoms with van der Waals surface area (Å²) >= 11 is 0. The van der Waals surface area contributed by atoms with Gasteiger partial charge in [-0.2, -0.15) is 0 Å². The van der Waals surface area contributed by atoms with Crippen LogP contribution in [0.5, 0.6) is 0 Å². The highest BCUT2D eigenvalue weighted by atomic mass is 16.2. The molecule has 1 heterocycles. The molecule has 0 spiro atoms. The van der Waals surface area contributed by atoms with E-state index >= 15 is 0 Å². The normalized spacial score (nSPS) is 23.5. The molecule has 1 saturated heterocycles. The van der Waals surface area contributed by atoms with E-state index in [2.05, 4.69) is 24.1 Å². The van der Waals surface area contributed by atoms with Gasteiger partial charge in [0.15, 0.2) is 0 Å². The maximum absolute atomic E-state index is 12.1. The number of benzene rings is 1. The van der Waals surface area contributed by atoms with Gasteiger partial charge >= 0.3 is 0 Å². The monoisotopic (exact) mass is 261 g/mol. The van der Waals surface area contributed by atoms with E-state index in [9.17, 15) is 4.79 Å². The number of nitrogens with one attached hydrogen (secondary N) is 1. The molecule has 0 bridgehead atoms. The lowest BCUT2D eigenvalue weighted by Crippen LogP contribution is -2.35. The molecule has 4 nitrogen and oxygen atoms in total. The standard InChI is InChI=1S/C15H23N3O/c1-11-7-12(2)18(9-11)10-15(19)17-14-6-4-3-5-13(14)8-16/h3-6,11-12H,7-10,16H2,1-2H3,(H,17,19). The molecule has 4 heteroatoms. The Balaban J connectivity index is 1.94. The minimum Gasteiger partial charge on any atom is -0.326 e. The number of para-hydroxylation sites is 1. The minimum atomic E-state index is 0.0434. The Morgan fingerprint density at radius 2 is 2.16 bits per heavy atom. The van der Waals surface area contributed by atoms with Gasteiger partial charge in [0.1, 0.15) is 0 Å². The van der Waals surface area contributed by atoms with Gasteiger partial charge < -0.3 is 11.1 Å². The van der Waals surface area contributed by atoms with Crippen LogP contribution in [0.3, 0.4) is 0 Å². The summed E-state index contributed by atoms with van der Waals surface area (Å²) in [5.74, 6) is 0.723. The first-order valence-electron chi connectivity index (χ1n) is 6.92. The number of amides is 1. The molecule has 2 unspecified atom stereocenters. The fourth-order valence-electron chi connectivity index (χ4n) is 2.80. The molecule has 0 radical (unpaired) electrons. The molecule has 0 aliphatic carbocycles. The Kier molecular flexibility index (Phi) is 4.56. The third-order valence-corrected chi connectivity index (χ3v) is 3.77. The van der Waals surface area contributed by atoms with Crippen molar-refractivity contribution in [2.24, 2.45) is 11.7 Å². The van der Waals surface area contributed by atoms with Crippen molar-refractivity contribution >= 4 is 11.6 Å². The third-order valence-electron chi connectivity index (χ3n) is 3.77. The van der Waals surface area contributed by atoms with E-state index < -0.39 is 0 Å². The fourth-order valence-corrected chi connectivity index (χ4v) is 2.80. The van der Waals surface area contributed by atoms with E-state index in [4.69, 9.17) is 5.73 Å². The molecule has 2 rings (SSSR count). The van der Waals surface area contributed by atoms with E-state index in [1.807, 2.05) is 24.3 Å². The molecule has 1 aromatic rings. The fraction of sp³-hybridized carbons (Fsp3) is 0.533. The zero-order valence-corrected chi connectivity index (χ0v) is 11.7. The smallest absolute Gasteiger partial charge is 0.238 e. The molecule has 1 aliphatic heterocycles. The molecule has 19 heavy (non-hydrogen) atoms. The van der Waals surface area contributed by atoms with Gasteiger partial charge in [-0.15, -0.1) is 0 Å². The summed E-state index contributed by atoms with van der Waals surface area (Å²) in [6.45, 7) is 6.33. The van der Waals surface area contributed by atoms with Crippen molar-refractivity contribution in [2.75, 3.05) is 18.4 Å². The summed E-state index contributed by atoms with van der Waals surface area (Å²) in [6.07, 6.45) is 1.17. The molecule has 1 aromatic carbocycles. The molecule has 1 amide bonds. The highest BCUT2D eigenvalue weighted by Gasteiger charge is 2.27. The molecular weight excluding hydrogens is 238 g/mol. The molecule has 0 saturated carbocycles. The van der Waals surface area contributed by atoms with Crippen molar-refractivity contribution < 1.29 is 4.79 Å². The van der Waals surface area contributed by atoms with Gasteiger partial charge in [0.2, 0.25) is 5.91 Å². The second kappa shape index (κ2) is 6.17. The topological polar surface area (TPSA) is 58.4 Å². The largest absolute Gasteiger partial charge is 0.326 e. The van der Waals surface area contributed by atoms with Crippen molar-refractivity contribution in [1.29, 1.82) is 0 Å². The summed E-state index contributed by atoms with van der Waals surface area (Å²) in [5.41, 5.74) is 7.47. The average molecular weight is 261 g/mol. The predicted octanol–water partition coefficient (Wildman–Crippen LogP) is 1.81. The van der Waals surface area contributed by atoms with Gasteiger partial charge in [0.25, 0.3) is 0 Å². The Labute approximate surface area is 115 Å². The van der Waals surface area contributed by atoms with Crippen LogP contribution >= 0.6 is 0 Å². The van der Waals surface area contributed by atoms with Crippen LogP contribution in [0.15, 0.2) is 24.3 Å². The van der Waals surface area contributed by atoms with Crippen molar-refractivity contribution in [3.05, 3.63) is 29.8 Å². The SMILES string of the molecule is CC1CC(C)N(CC(=O)Nc2ccccc2CN)C1. The van der Waals surface area contributed by atoms with Crippen LogP contribution in [0.2, 0.25) is 0 Å². The zero-order chi connectivity index (χ0) is 13.8. The van der Waals surface area contributed by atoms with Gasteiger partial charge in [-0.1, -0.05) is 25.1 Å². The van der Waals surface area contributed by atoms with Crippen molar-refractivity contribution in [3.8, 4) is 0 Å².